The molecule has 0 radical (unpaired) electrons. The molecule has 1 N–H and O–H groups in total. The smallest absolute Gasteiger partial charge is 0.233 e. The molecule has 0 saturated carbocycles. The average Bonchev–Trinajstić information content (AvgIpc) is 2.55. The number of ether oxygens (including phenoxy) is 1. The van der Waals surface area contributed by atoms with Crippen molar-refractivity contribution in [3.05, 3.63) is 35.6 Å². The van der Waals surface area contributed by atoms with Gasteiger partial charge in [-0.25, -0.2) is 4.39 Å². The Labute approximate surface area is 136 Å². The molecule has 1 aromatic rings. The molecule has 22 heavy (non-hydrogen) atoms. The predicted octanol–water partition coefficient (Wildman–Crippen LogP) is 1.73. The van der Waals surface area contributed by atoms with Crippen LogP contribution >= 0.6 is 12.4 Å². The molecule has 2 fully saturated rings. The Morgan fingerprint density at radius 3 is 2.55 bits per heavy atom. The van der Waals surface area contributed by atoms with Crippen LogP contribution in [0.4, 0.5) is 4.39 Å². The summed E-state index contributed by atoms with van der Waals surface area (Å²) in [4.78, 5) is 15.0. The van der Waals surface area contributed by atoms with Crippen molar-refractivity contribution in [3.63, 3.8) is 0 Å². The molecule has 6 heteroatoms. The lowest BCUT2D eigenvalue weighted by atomic mass is 9.73. The molecule has 1 amide bonds. The Kier molecular flexibility index (Phi) is 5.78. The molecule has 3 rings (SSSR count). The summed E-state index contributed by atoms with van der Waals surface area (Å²) in [6.45, 7) is 4.18. The Bertz CT molecular complexity index is 515. The fourth-order valence-corrected chi connectivity index (χ4v) is 3.30. The first kappa shape index (κ1) is 17.2. The monoisotopic (exact) mass is 328 g/mol. The van der Waals surface area contributed by atoms with Crippen LogP contribution in [0.5, 0.6) is 0 Å². The van der Waals surface area contributed by atoms with E-state index in [2.05, 4.69) is 5.32 Å². The van der Waals surface area contributed by atoms with Crippen LogP contribution in [0.2, 0.25) is 0 Å². The zero-order valence-corrected chi connectivity index (χ0v) is 13.3. The van der Waals surface area contributed by atoms with Crippen LogP contribution in [-0.2, 0) is 14.9 Å². The van der Waals surface area contributed by atoms with Crippen molar-refractivity contribution >= 4 is 18.3 Å². The number of halogens is 2. The number of amides is 1. The Hall–Kier alpha value is -1.17. The highest BCUT2D eigenvalue weighted by molar-refractivity contribution is 5.88. The second-order valence-corrected chi connectivity index (χ2v) is 5.75. The molecule has 4 nitrogen and oxygen atoms in total. The maximum Gasteiger partial charge on any atom is 0.233 e. The molecule has 122 valence electrons. The molecule has 0 bridgehead atoms. The van der Waals surface area contributed by atoms with E-state index >= 15 is 0 Å². The van der Waals surface area contributed by atoms with Crippen molar-refractivity contribution < 1.29 is 13.9 Å². The van der Waals surface area contributed by atoms with Gasteiger partial charge in [0.25, 0.3) is 0 Å². The van der Waals surface area contributed by atoms with Crippen molar-refractivity contribution in [1.29, 1.82) is 0 Å². The molecule has 0 aliphatic carbocycles. The van der Waals surface area contributed by atoms with Gasteiger partial charge in [0.15, 0.2) is 0 Å². The van der Waals surface area contributed by atoms with Gasteiger partial charge in [-0.2, -0.15) is 0 Å². The lowest BCUT2D eigenvalue weighted by molar-refractivity contribution is -0.142. The molecule has 0 spiro atoms. The van der Waals surface area contributed by atoms with Gasteiger partial charge in [-0.1, -0.05) is 12.1 Å². The highest BCUT2D eigenvalue weighted by atomic mass is 35.5. The summed E-state index contributed by atoms with van der Waals surface area (Å²) in [7, 11) is 0. The molecular formula is C16H22ClFN2O2. The summed E-state index contributed by atoms with van der Waals surface area (Å²) in [5, 5.41) is 3.26. The summed E-state index contributed by atoms with van der Waals surface area (Å²) < 4.78 is 19.1. The average molecular weight is 329 g/mol. The summed E-state index contributed by atoms with van der Waals surface area (Å²) in [6, 6.07) is 6.48. The zero-order chi connectivity index (χ0) is 14.7. The fourth-order valence-electron chi connectivity index (χ4n) is 3.30. The third-order valence-corrected chi connectivity index (χ3v) is 4.54. The Morgan fingerprint density at radius 2 is 1.91 bits per heavy atom. The number of piperazine rings is 1. The molecule has 2 saturated heterocycles. The van der Waals surface area contributed by atoms with Gasteiger partial charge in [-0.3, -0.25) is 4.79 Å². The van der Waals surface area contributed by atoms with E-state index in [0.29, 0.717) is 26.1 Å². The molecule has 0 unspecified atom stereocenters. The summed E-state index contributed by atoms with van der Waals surface area (Å²) in [5.74, 6) is -0.163. The third-order valence-electron chi connectivity index (χ3n) is 4.54. The van der Waals surface area contributed by atoms with E-state index in [1.807, 2.05) is 11.0 Å². The van der Waals surface area contributed by atoms with Crippen LogP contribution in [0.3, 0.4) is 0 Å². The van der Waals surface area contributed by atoms with Crippen LogP contribution in [0.25, 0.3) is 0 Å². The van der Waals surface area contributed by atoms with Crippen molar-refractivity contribution in [2.24, 2.45) is 0 Å². The number of rotatable bonds is 2. The number of nitrogens with zero attached hydrogens (tertiary/aromatic N) is 1. The first-order valence-corrected chi connectivity index (χ1v) is 7.56. The quantitative estimate of drug-likeness (QED) is 0.899. The van der Waals surface area contributed by atoms with Gasteiger partial charge < -0.3 is 15.0 Å². The highest BCUT2D eigenvalue weighted by Crippen LogP contribution is 2.37. The molecular weight excluding hydrogens is 307 g/mol. The Balaban J connectivity index is 0.00000176. The highest BCUT2D eigenvalue weighted by Gasteiger charge is 2.44. The number of benzene rings is 1. The molecule has 2 aliphatic rings. The van der Waals surface area contributed by atoms with Gasteiger partial charge in [-0.05, 0) is 30.5 Å². The van der Waals surface area contributed by atoms with E-state index in [-0.39, 0.29) is 24.1 Å². The normalized spacial score (nSPS) is 21.0. The third kappa shape index (κ3) is 3.26. The first-order chi connectivity index (χ1) is 10.2. The van der Waals surface area contributed by atoms with Crippen LogP contribution in [0.15, 0.2) is 24.3 Å². The predicted molar refractivity (Wildman–Crippen MR) is 84.8 cm³/mol. The maximum atomic E-state index is 13.6. The maximum absolute atomic E-state index is 13.6. The summed E-state index contributed by atoms with van der Waals surface area (Å²) >= 11 is 0. The van der Waals surface area contributed by atoms with Crippen LogP contribution < -0.4 is 5.32 Å². The van der Waals surface area contributed by atoms with Crippen LogP contribution in [0.1, 0.15) is 18.4 Å². The molecule has 2 heterocycles. The summed E-state index contributed by atoms with van der Waals surface area (Å²) in [5.41, 5.74) is 0.159. The van der Waals surface area contributed by atoms with Gasteiger partial charge in [0, 0.05) is 39.4 Å². The number of hydrogen-bond acceptors (Lipinski definition) is 3. The minimum atomic E-state index is -0.627. The zero-order valence-electron chi connectivity index (χ0n) is 12.5. The van der Waals surface area contributed by atoms with Gasteiger partial charge in [0.2, 0.25) is 5.91 Å². The lowest BCUT2D eigenvalue weighted by Crippen LogP contribution is -2.55. The number of carbonyl (C=O) groups excluding carboxylic acids is 1. The van der Waals surface area contributed by atoms with Crippen molar-refractivity contribution in [3.8, 4) is 0 Å². The lowest BCUT2D eigenvalue weighted by Gasteiger charge is -2.41. The molecule has 1 aromatic carbocycles. The van der Waals surface area contributed by atoms with E-state index in [1.54, 1.807) is 6.07 Å². The van der Waals surface area contributed by atoms with E-state index in [0.717, 1.165) is 31.7 Å². The van der Waals surface area contributed by atoms with E-state index in [9.17, 15) is 9.18 Å². The van der Waals surface area contributed by atoms with Gasteiger partial charge >= 0.3 is 0 Å². The number of carbonyl (C=O) groups is 1. The fraction of sp³-hybridized carbons (Fsp3) is 0.562. The standard InChI is InChI=1S/C16H21FN2O2.ClH/c17-14-3-1-2-13(12-14)16(4-10-21-11-5-16)15(20)19-8-6-18-7-9-19;/h1-3,12,18H,4-11H2;1H. The van der Waals surface area contributed by atoms with E-state index in [4.69, 9.17) is 4.74 Å². The Morgan fingerprint density at radius 1 is 1.23 bits per heavy atom. The topological polar surface area (TPSA) is 41.6 Å². The largest absolute Gasteiger partial charge is 0.381 e. The van der Waals surface area contributed by atoms with Gasteiger partial charge in [-0.15, -0.1) is 12.4 Å². The second kappa shape index (κ2) is 7.40. The minimum absolute atomic E-state index is 0. The van der Waals surface area contributed by atoms with Gasteiger partial charge in [0.05, 0.1) is 5.41 Å². The SMILES string of the molecule is Cl.O=C(N1CCNCC1)C1(c2cccc(F)c2)CCOCC1. The first-order valence-electron chi connectivity index (χ1n) is 7.56. The molecule has 2 aliphatic heterocycles. The van der Waals surface area contributed by atoms with E-state index < -0.39 is 5.41 Å². The van der Waals surface area contributed by atoms with Crippen molar-refractivity contribution in [2.75, 3.05) is 39.4 Å². The second-order valence-electron chi connectivity index (χ2n) is 5.75. The minimum Gasteiger partial charge on any atom is -0.381 e. The van der Waals surface area contributed by atoms with Gasteiger partial charge in [0.1, 0.15) is 5.82 Å². The number of nitrogens with one attached hydrogen (secondary N) is 1. The molecule has 0 atom stereocenters. The van der Waals surface area contributed by atoms with Crippen LogP contribution in [-0.4, -0.2) is 50.2 Å². The molecule has 0 aromatic heterocycles. The van der Waals surface area contributed by atoms with Crippen molar-refractivity contribution in [1.82, 2.24) is 10.2 Å². The van der Waals surface area contributed by atoms with E-state index in [1.165, 1.54) is 12.1 Å². The summed E-state index contributed by atoms with van der Waals surface area (Å²) in [6.07, 6.45) is 1.25. The van der Waals surface area contributed by atoms with Crippen molar-refractivity contribution in [2.45, 2.75) is 18.3 Å². The number of hydrogen-bond donors (Lipinski definition) is 1. The van der Waals surface area contributed by atoms with Crippen LogP contribution in [0, 0.1) is 5.82 Å².